The summed E-state index contributed by atoms with van der Waals surface area (Å²) in [6, 6.07) is 9.61. The number of hydrogen-bond acceptors (Lipinski definition) is 3. The minimum atomic E-state index is -0.845. The molecule has 1 fully saturated rings. The molecule has 0 spiro atoms. The van der Waals surface area contributed by atoms with Crippen molar-refractivity contribution in [2.24, 2.45) is 0 Å². The van der Waals surface area contributed by atoms with Gasteiger partial charge in [-0.05, 0) is 37.7 Å². The minimum Gasteiger partial charge on any atom is -0.481 e. The average molecular weight is 348 g/mol. The van der Waals surface area contributed by atoms with Crippen LogP contribution >= 0.6 is 0 Å². The number of nitrogens with one attached hydrogen (secondary N) is 1. The molecule has 25 heavy (non-hydrogen) atoms. The average Bonchev–Trinajstić information content (AvgIpc) is 2.61. The molecule has 2 N–H and O–H groups in total. The maximum atomic E-state index is 12.7. The molecule has 138 valence electrons. The van der Waals surface area contributed by atoms with Gasteiger partial charge in [0.1, 0.15) is 0 Å². The van der Waals surface area contributed by atoms with Gasteiger partial charge in [-0.2, -0.15) is 0 Å². The molecule has 0 aliphatic carbocycles. The molecule has 2 amide bonds. The van der Waals surface area contributed by atoms with Gasteiger partial charge >= 0.3 is 12.0 Å². The number of nitrogens with zero attached hydrogens (tertiary/aromatic N) is 1. The zero-order chi connectivity index (χ0) is 18.1. The monoisotopic (exact) mass is 348 g/mol. The number of carboxylic acids is 1. The summed E-state index contributed by atoms with van der Waals surface area (Å²) in [6.45, 7) is 1.25. The van der Waals surface area contributed by atoms with Crippen LogP contribution in [0.1, 0.15) is 37.7 Å². The van der Waals surface area contributed by atoms with E-state index in [0.29, 0.717) is 19.4 Å². The van der Waals surface area contributed by atoms with Crippen molar-refractivity contribution in [2.45, 2.75) is 50.6 Å². The Bertz CT molecular complexity index is 548. The normalized spacial score (nSPS) is 18.6. The summed E-state index contributed by atoms with van der Waals surface area (Å²) in [4.78, 5) is 25.5. The van der Waals surface area contributed by atoms with Crippen LogP contribution in [0.2, 0.25) is 0 Å². The van der Waals surface area contributed by atoms with Crippen LogP contribution in [0.15, 0.2) is 30.3 Å². The van der Waals surface area contributed by atoms with E-state index in [1.807, 2.05) is 35.2 Å². The Morgan fingerprint density at radius 1 is 1.32 bits per heavy atom. The second-order valence-corrected chi connectivity index (χ2v) is 6.57. The molecule has 1 aromatic carbocycles. The van der Waals surface area contributed by atoms with E-state index in [2.05, 4.69) is 5.32 Å². The Labute approximate surface area is 149 Å². The molecule has 0 aromatic heterocycles. The molecule has 1 heterocycles. The summed E-state index contributed by atoms with van der Waals surface area (Å²) in [5, 5.41) is 12.0. The van der Waals surface area contributed by atoms with E-state index in [1.54, 1.807) is 7.11 Å². The summed E-state index contributed by atoms with van der Waals surface area (Å²) in [5.41, 5.74) is 1.09. The number of carbonyl (C=O) groups is 2. The molecule has 6 nitrogen and oxygen atoms in total. The van der Waals surface area contributed by atoms with Gasteiger partial charge in [0.2, 0.25) is 0 Å². The molecule has 2 atom stereocenters. The van der Waals surface area contributed by atoms with E-state index < -0.39 is 5.97 Å². The fraction of sp³-hybridized carbons (Fsp3) is 0.579. The first-order valence-electron chi connectivity index (χ1n) is 8.92. The lowest BCUT2D eigenvalue weighted by Crippen LogP contribution is -2.53. The van der Waals surface area contributed by atoms with Crippen molar-refractivity contribution in [3.8, 4) is 0 Å². The van der Waals surface area contributed by atoms with Crippen molar-refractivity contribution in [3.05, 3.63) is 35.9 Å². The third kappa shape index (κ3) is 6.38. The first-order valence-corrected chi connectivity index (χ1v) is 8.92. The lowest BCUT2D eigenvalue weighted by molar-refractivity contribution is -0.137. The maximum Gasteiger partial charge on any atom is 0.317 e. The summed E-state index contributed by atoms with van der Waals surface area (Å²) in [7, 11) is 1.65. The summed E-state index contributed by atoms with van der Waals surface area (Å²) < 4.78 is 5.24. The summed E-state index contributed by atoms with van der Waals surface area (Å²) in [6.07, 6.45) is 4.12. The van der Waals surface area contributed by atoms with Gasteiger partial charge in [-0.1, -0.05) is 30.3 Å². The zero-order valence-electron chi connectivity index (χ0n) is 14.8. The van der Waals surface area contributed by atoms with Crippen LogP contribution in [0.3, 0.4) is 0 Å². The molecule has 1 aliphatic heterocycles. The number of benzene rings is 1. The van der Waals surface area contributed by atoms with E-state index in [0.717, 1.165) is 31.4 Å². The number of aliphatic carboxylic acids is 1. The Morgan fingerprint density at radius 2 is 2.08 bits per heavy atom. The van der Waals surface area contributed by atoms with Crippen LogP contribution in [0.5, 0.6) is 0 Å². The molecule has 2 unspecified atom stereocenters. The van der Waals surface area contributed by atoms with Crippen molar-refractivity contribution in [1.82, 2.24) is 10.2 Å². The molecule has 2 rings (SSSR count). The fourth-order valence-electron chi connectivity index (χ4n) is 3.31. The second-order valence-electron chi connectivity index (χ2n) is 6.57. The molecule has 1 saturated heterocycles. The highest BCUT2D eigenvalue weighted by Crippen LogP contribution is 2.18. The molecule has 1 aliphatic rings. The van der Waals surface area contributed by atoms with E-state index in [-0.39, 0.29) is 24.5 Å². The summed E-state index contributed by atoms with van der Waals surface area (Å²) in [5.74, 6) is -0.845. The van der Waals surface area contributed by atoms with Gasteiger partial charge in [0, 0.05) is 26.1 Å². The quantitative estimate of drug-likeness (QED) is 0.757. The number of rotatable bonds is 8. The number of carboxylic acid groups (broad SMARTS) is 1. The van der Waals surface area contributed by atoms with Crippen molar-refractivity contribution < 1.29 is 19.4 Å². The van der Waals surface area contributed by atoms with Crippen LogP contribution in [-0.4, -0.2) is 54.4 Å². The van der Waals surface area contributed by atoms with Crippen LogP contribution in [0.25, 0.3) is 0 Å². The van der Waals surface area contributed by atoms with Crippen molar-refractivity contribution >= 4 is 12.0 Å². The standard InChI is InChI=1S/C19H28N2O4/c1-25-14-17-9-5-6-12-21(17)19(24)20-16(10-11-18(22)23)13-15-7-3-2-4-8-15/h2-4,7-8,16-17H,5-6,9-14H2,1H3,(H,20,24)(H,22,23). The van der Waals surface area contributed by atoms with Gasteiger partial charge < -0.3 is 20.1 Å². The topological polar surface area (TPSA) is 78.9 Å². The number of piperidine rings is 1. The Morgan fingerprint density at radius 3 is 2.76 bits per heavy atom. The highest BCUT2D eigenvalue weighted by Gasteiger charge is 2.28. The first kappa shape index (κ1) is 19.2. The third-order valence-corrected chi connectivity index (χ3v) is 4.61. The number of ether oxygens (including phenoxy) is 1. The Hall–Kier alpha value is -2.08. The predicted octanol–water partition coefficient (Wildman–Crippen LogP) is 2.67. The van der Waals surface area contributed by atoms with Gasteiger partial charge in [0.25, 0.3) is 0 Å². The molecular formula is C19H28N2O4. The Kier molecular flexibility index (Phi) is 7.73. The molecule has 1 aromatic rings. The van der Waals surface area contributed by atoms with Crippen LogP contribution in [0, 0.1) is 0 Å². The van der Waals surface area contributed by atoms with Crippen molar-refractivity contribution in [3.63, 3.8) is 0 Å². The SMILES string of the molecule is COCC1CCCCN1C(=O)NC(CCC(=O)O)Cc1ccccc1. The van der Waals surface area contributed by atoms with E-state index in [1.165, 1.54) is 0 Å². The molecule has 0 bridgehead atoms. The third-order valence-electron chi connectivity index (χ3n) is 4.61. The molecular weight excluding hydrogens is 320 g/mol. The van der Waals surface area contributed by atoms with Gasteiger partial charge in [0.15, 0.2) is 0 Å². The van der Waals surface area contributed by atoms with Crippen molar-refractivity contribution in [2.75, 3.05) is 20.3 Å². The van der Waals surface area contributed by atoms with E-state index in [4.69, 9.17) is 9.84 Å². The highest BCUT2D eigenvalue weighted by atomic mass is 16.5. The summed E-state index contributed by atoms with van der Waals surface area (Å²) >= 11 is 0. The van der Waals surface area contributed by atoms with Crippen LogP contribution in [-0.2, 0) is 16.0 Å². The predicted molar refractivity (Wildman–Crippen MR) is 95.6 cm³/mol. The van der Waals surface area contributed by atoms with Gasteiger partial charge in [-0.25, -0.2) is 4.79 Å². The van der Waals surface area contributed by atoms with Gasteiger partial charge in [-0.15, -0.1) is 0 Å². The fourth-order valence-corrected chi connectivity index (χ4v) is 3.31. The van der Waals surface area contributed by atoms with Gasteiger partial charge in [-0.3, -0.25) is 4.79 Å². The minimum absolute atomic E-state index is 0.0410. The number of hydrogen-bond donors (Lipinski definition) is 2. The van der Waals surface area contributed by atoms with Gasteiger partial charge in [0.05, 0.1) is 12.6 Å². The van der Waals surface area contributed by atoms with E-state index in [9.17, 15) is 9.59 Å². The second kappa shape index (κ2) is 10.0. The number of carbonyl (C=O) groups excluding carboxylic acids is 1. The lowest BCUT2D eigenvalue weighted by Gasteiger charge is -2.36. The smallest absolute Gasteiger partial charge is 0.317 e. The number of methoxy groups -OCH3 is 1. The lowest BCUT2D eigenvalue weighted by atomic mass is 10.0. The maximum absolute atomic E-state index is 12.7. The first-order chi connectivity index (χ1) is 12.1. The van der Waals surface area contributed by atoms with Crippen LogP contribution in [0.4, 0.5) is 4.79 Å². The molecule has 0 radical (unpaired) electrons. The molecule has 0 saturated carbocycles. The number of likely N-dealkylation sites (tertiary alicyclic amines) is 1. The zero-order valence-corrected chi connectivity index (χ0v) is 14.8. The largest absolute Gasteiger partial charge is 0.481 e. The van der Waals surface area contributed by atoms with Crippen molar-refractivity contribution in [1.29, 1.82) is 0 Å². The van der Waals surface area contributed by atoms with Crippen LogP contribution < -0.4 is 5.32 Å². The number of urea groups is 1. The molecule has 6 heteroatoms. The van der Waals surface area contributed by atoms with E-state index >= 15 is 0 Å². The highest BCUT2D eigenvalue weighted by molar-refractivity contribution is 5.75. The number of amides is 2. The Balaban J connectivity index is 2.00.